The SMILES string of the molecule is O=Cc1cc(C(c2ccc3c(c2)C(=O)OC3=O)(C(F)(F)F)C(F)(F)F)ccc1C(=O)O. The van der Waals surface area contributed by atoms with Crippen molar-refractivity contribution in [2.24, 2.45) is 0 Å². The van der Waals surface area contributed by atoms with E-state index in [1.54, 1.807) is 0 Å². The van der Waals surface area contributed by atoms with Gasteiger partial charge in [0.1, 0.15) is 0 Å². The van der Waals surface area contributed by atoms with Crippen molar-refractivity contribution < 1.29 is 55.4 Å². The topological polar surface area (TPSA) is 97.7 Å². The molecule has 162 valence electrons. The Bertz CT molecular complexity index is 1120. The second-order valence-corrected chi connectivity index (χ2v) is 6.41. The maximum Gasteiger partial charge on any atom is 0.411 e. The summed E-state index contributed by atoms with van der Waals surface area (Å²) in [7, 11) is 0. The Morgan fingerprint density at radius 3 is 1.87 bits per heavy atom. The standard InChI is InChI=1S/C19H8F6O6/c20-18(21,22)17(19(23,24)25,9-1-3-11(14(27)28)8(5-9)7-26)10-2-4-12-13(6-10)16(30)31-15(12)29/h1-7H,(H,27,28). The summed E-state index contributed by atoms with van der Waals surface area (Å²) in [6.07, 6.45) is -12.3. The van der Waals surface area contributed by atoms with Crippen LogP contribution in [-0.4, -0.2) is 41.7 Å². The first-order valence-electron chi connectivity index (χ1n) is 8.13. The van der Waals surface area contributed by atoms with Gasteiger partial charge in [0.15, 0.2) is 6.29 Å². The Morgan fingerprint density at radius 1 is 0.839 bits per heavy atom. The normalized spacial score (nSPS) is 14.3. The monoisotopic (exact) mass is 446 g/mol. The number of rotatable bonds is 4. The summed E-state index contributed by atoms with van der Waals surface area (Å²) in [4.78, 5) is 45.5. The molecule has 31 heavy (non-hydrogen) atoms. The fraction of sp³-hybridized carbons (Fsp3) is 0.158. The third-order valence-electron chi connectivity index (χ3n) is 4.77. The first kappa shape index (κ1) is 22.0. The summed E-state index contributed by atoms with van der Waals surface area (Å²) in [6.45, 7) is 0. The van der Waals surface area contributed by atoms with Gasteiger partial charge in [-0.3, -0.25) is 4.79 Å². The lowest BCUT2D eigenvalue weighted by Crippen LogP contribution is -2.55. The van der Waals surface area contributed by atoms with Gasteiger partial charge in [0.05, 0.1) is 16.7 Å². The van der Waals surface area contributed by atoms with E-state index < -0.39 is 69.1 Å². The zero-order valence-corrected chi connectivity index (χ0v) is 14.8. The Hall–Kier alpha value is -3.70. The van der Waals surface area contributed by atoms with Crippen LogP contribution in [-0.2, 0) is 10.2 Å². The van der Waals surface area contributed by atoms with Gasteiger partial charge in [-0.2, -0.15) is 26.3 Å². The van der Waals surface area contributed by atoms with Crippen molar-refractivity contribution in [2.75, 3.05) is 0 Å². The van der Waals surface area contributed by atoms with Crippen molar-refractivity contribution >= 4 is 24.2 Å². The maximum absolute atomic E-state index is 14.2. The van der Waals surface area contributed by atoms with Gasteiger partial charge in [0, 0.05) is 5.56 Å². The summed E-state index contributed by atoms with van der Waals surface area (Å²) >= 11 is 0. The first-order valence-corrected chi connectivity index (χ1v) is 8.13. The Balaban J connectivity index is 2.43. The molecule has 2 aromatic carbocycles. The highest BCUT2D eigenvalue weighted by molar-refractivity contribution is 6.14. The molecule has 3 rings (SSSR count). The van der Waals surface area contributed by atoms with E-state index >= 15 is 0 Å². The summed E-state index contributed by atoms with van der Waals surface area (Å²) < 4.78 is 89.1. The number of alkyl halides is 6. The van der Waals surface area contributed by atoms with Gasteiger partial charge in [0.2, 0.25) is 5.41 Å². The van der Waals surface area contributed by atoms with E-state index in [0.29, 0.717) is 18.2 Å². The minimum atomic E-state index is -6.06. The number of benzene rings is 2. The van der Waals surface area contributed by atoms with Crippen LogP contribution in [0.5, 0.6) is 0 Å². The molecule has 0 saturated heterocycles. The number of carboxylic acid groups (broad SMARTS) is 1. The van der Waals surface area contributed by atoms with Crippen LogP contribution in [0.3, 0.4) is 0 Å². The molecule has 0 bridgehead atoms. The number of carbonyl (C=O) groups excluding carboxylic acids is 3. The van der Waals surface area contributed by atoms with E-state index in [4.69, 9.17) is 5.11 Å². The number of cyclic esters (lactones) is 2. The minimum absolute atomic E-state index is 0.175. The molecule has 1 N–H and O–H groups in total. The number of esters is 2. The van der Waals surface area contributed by atoms with Crippen LogP contribution < -0.4 is 0 Å². The van der Waals surface area contributed by atoms with E-state index in [0.717, 1.165) is 0 Å². The van der Waals surface area contributed by atoms with Gasteiger partial charge in [-0.15, -0.1) is 0 Å². The molecule has 0 atom stereocenters. The number of carboxylic acids is 1. The van der Waals surface area contributed by atoms with Crippen molar-refractivity contribution in [3.63, 3.8) is 0 Å². The quantitative estimate of drug-likeness (QED) is 0.331. The lowest BCUT2D eigenvalue weighted by atomic mass is 9.71. The summed E-state index contributed by atoms with van der Waals surface area (Å²) in [5.74, 6) is -4.39. The van der Waals surface area contributed by atoms with Gasteiger partial charge < -0.3 is 9.84 Å². The fourth-order valence-corrected chi connectivity index (χ4v) is 3.39. The Kier molecular flexibility index (Phi) is 4.91. The van der Waals surface area contributed by atoms with Gasteiger partial charge in [-0.1, -0.05) is 12.1 Å². The molecule has 1 aliphatic heterocycles. The van der Waals surface area contributed by atoms with Gasteiger partial charge >= 0.3 is 30.3 Å². The lowest BCUT2D eigenvalue weighted by Gasteiger charge is -2.38. The molecule has 0 unspecified atom stereocenters. The molecule has 1 heterocycles. The minimum Gasteiger partial charge on any atom is -0.478 e. The fourth-order valence-electron chi connectivity index (χ4n) is 3.39. The van der Waals surface area contributed by atoms with Gasteiger partial charge in [0.25, 0.3) is 0 Å². The molecular weight excluding hydrogens is 438 g/mol. The third-order valence-corrected chi connectivity index (χ3v) is 4.77. The van der Waals surface area contributed by atoms with Crippen LogP contribution in [0.2, 0.25) is 0 Å². The number of ether oxygens (including phenoxy) is 1. The van der Waals surface area contributed by atoms with Crippen molar-refractivity contribution in [2.45, 2.75) is 17.8 Å². The van der Waals surface area contributed by atoms with Crippen LogP contribution in [0.15, 0.2) is 36.4 Å². The van der Waals surface area contributed by atoms with Crippen LogP contribution in [0.1, 0.15) is 52.6 Å². The lowest BCUT2D eigenvalue weighted by molar-refractivity contribution is -0.288. The number of hydrogen-bond donors (Lipinski definition) is 1. The average Bonchev–Trinajstić information content (AvgIpc) is 2.93. The Labute approximate surface area is 168 Å². The number of aromatic carboxylic acids is 1. The number of aldehydes is 1. The molecule has 0 spiro atoms. The third kappa shape index (κ3) is 3.14. The van der Waals surface area contributed by atoms with Crippen LogP contribution in [0.25, 0.3) is 0 Å². The second kappa shape index (κ2) is 6.93. The van der Waals surface area contributed by atoms with Crippen LogP contribution >= 0.6 is 0 Å². The number of halogens is 6. The van der Waals surface area contributed by atoms with Crippen molar-refractivity contribution in [3.05, 3.63) is 69.8 Å². The number of hydrogen-bond acceptors (Lipinski definition) is 5. The molecule has 0 saturated carbocycles. The first-order chi connectivity index (χ1) is 14.3. The largest absolute Gasteiger partial charge is 0.478 e. The van der Waals surface area contributed by atoms with E-state index in [1.807, 2.05) is 0 Å². The zero-order chi connectivity index (χ0) is 23.4. The molecule has 6 nitrogen and oxygen atoms in total. The number of carbonyl (C=O) groups is 4. The summed E-state index contributed by atoms with van der Waals surface area (Å²) in [5, 5.41) is 9.00. The molecule has 1 aliphatic rings. The van der Waals surface area contributed by atoms with E-state index in [2.05, 4.69) is 4.74 Å². The van der Waals surface area contributed by atoms with E-state index in [9.17, 15) is 45.5 Å². The van der Waals surface area contributed by atoms with E-state index in [-0.39, 0.29) is 24.5 Å². The van der Waals surface area contributed by atoms with Crippen molar-refractivity contribution in [1.82, 2.24) is 0 Å². The summed E-state index contributed by atoms with van der Waals surface area (Å²) in [5.41, 5.74) is -10.8. The van der Waals surface area contributed by atoms with Crippen molar-refractivity contribution in [1.29, 1.82) is 0 Å². The second-order valence-electron chi connectivity index (χ2n) is 6.41. The van der Waals surface area contributed by atoms with Crippen LogP contribution in [0.4, 0.5) is 26.3 Å². The van der Waals surface area contributed by atoms with Crippen LogP contribution in [0, 0.1) is 0 Å². The highest BCUT2D eigenvalue weighted by atomic mass is 19.4. The predicted molar refractivity (Wildman–Crippen MR) is 87.9 cm³/mol. The summed E-state index contributed by atoms with van der Waals surface area (Å²) in [6, 6.07) is 2.11. The predicted octanol–water partition coefficient (Wildman–Crippen LogP) is 3.92. The number of fused-ring (bicyclic) bond motifs is 1. The molecular formula is C19H8F6O6. The Morgan fingerprint density at radius 2 is 1.35 bits per heavy atom. The van der Waals surface area contributed by atoms with Gasteiger partial charge in [-0.05, 0) is 35.4 Å². The highest BCUT2D eigenvalue weighted by Gasteiger charge is 2.72. The average molecular weight is 446 g/mol. The molecule has 0 amide bonds. The molecule has 12 heteroatoms. The van der Waals surface area contributed by atoms with Gasteiger partial charge in [-0.25, -0.2) is 14.4 Å². The maximum atomic E-state index is 14.2. The zero-order valence-electron chi connectivity index (χ0n) is 14.8. The molecule has 0 aliphatic carbocycles. The molecule has 0 aromatic heterocycles. The molecule has 0 fully saturated rings. The van der Waals surface area contributed by atoms with Crippen molar-refractivity contribution in [3.8, 4) is 0 Å². The smallest absolute Gasteiger partial charge is 0.411 e. The van der Waals surface area contributed by atoms with E-state index in [1.165, 1.54) is 0 Å². The molecule has 0 radical (unpaired) electrons. The molecule has 2 aromatic rings. The highest BCUT2D eigenvalue weighted by Crippen LogP contribution is 2.56.